The first kappa shape index (κ1) is 26.1. The number of nitrogens with zero attached hydrogens (tertiary/aromatic N) is 2. The van der Waals surface area contributed by atoms with Crippen molar-refractivity contribution in [2.75, 3.05) is 26.7 Å². The highest BCUT2D eigenvalue weighted by Gasteiger charge is 2.30. The molecule has 36 heavy (non-hydrogen) atoms. The number of fused-ring (bicyclic) bond motifs is 1. The number of likely N-dealkylation sites (tertiary alicyclic amines) is 1. The van der Waals surface area contributed by atoms with Crippen molar-refractivity contribution in [2.45, 2.75) is 57.5 Å². The molecule has 1 aromatic carbocycles. The molecule has 1 fully saturated rings. The first-order valence-electron chi connectivity index (χ1n) is 13.1. The van der Waals surface area contributed by atoms with E-state index in [1.807, 2.05) is 24.3 Å². The zero-order valence-corrected chi connectivity index (χ0v) is 21.1. The molecule has 1 aliphatic rings. The van der Waals surface area contributed by atoms with E-state index in [0.717, 1.165) is 62.6 Å². The van der Waals surface area contributed by atoms with Crippen molar-refractivity contribution in [2.24, 2.45) is 11.8 Å². The SMILES string of the molecule is COc1ccc2nccc([C@H](F)CC[C@@H]3CCN(CCCCc4ccoc4)C[C@H]3CCC(=O)O)c2c1. The predicted octanol–water partition coefficient (Wildman–Crippen LogP) is 6.45. The number of ether oxygens (including phenoxy) is 1. The van der Waals surface area contributed by atoms with Crippen LogP contribution in [0.5, 0.6) is 5.75 Å². The van der Waals surface area contributed by atoms with Gasteiger partial charge >= 0.3 is 5.97 Å². The van der Waals surface area contributed by atoms with Gasteiger partial charge in [0.25, 0.3) is 0 Å². The fourth-order valence-electron chi connectivity index (χ4n) is 5.54. The highest BCUT2D eigenvalue weighted by molar-refractivity contribution is 5.83. The fraction of sp³-hybridized carbons (Fsp3) is 0.517. The number of piperidine rings is 1. The lowest BCUT2D eigenvalue weighted by Crippen LogP contribution is -2.41. The van der Waals surface area contributed by atoms with Crippen molar-refractivity contribution >= 4 is 16.9 Å². The third kappa shape index (κ3) is 7.06. The molecule has 0 radical (unpaired) electrons. The van der Waals surface area contributed by atoms with Crippen LogP contribution in [0.2, 0.25) is 0 Å². The van der Waals surface area contributed by atoms with Crippen molar-refractivity contribution < 1.29 is 23.4 Å². The molecule has 4 rings (SSSR count). The van der Waals surface area contributed by atoms with E-state index in [1.54, 1.807) is 31.9 Å². The molecule has 0 aliphatic carbocycles. The lowest BCUT2D eigenvalue weighted by atomic mass is 9.79. The number of carbonyl (C=O) groups is 1. The van der Waals surface area contributed by atoms with Crippen LogP contribution in [-0.4, -0.2) is 47.7 Å². The van der Waals surface area contributed by atoms with Crippen LogP contribution in [0.25, 0.3) is 10.9 Å². The number of benzene rings is 1. The van der Waals surface area contributed by atoms with Crippen molar-refractivity contribution in [3.8, 4) is 5.75 Å². The van der Waals surface area contributed by atoms with E-state index in [-0.39, 0.29) is 12.3 Å². The highest BCUT2D eigenvalue weighted by atomic mass is 19.1. The Kier molecular flexibility index (Phi) is 9.34. The van der Waals surface area contributed by atoms with E-state index in [1.165, 1.54) is 5.56 Å². The largest absolute Gasteiger partial charge is 0.497 e. The standard InChI is InChI=1S/C29H37FN2O4/c1-35-24-7-9-28-26(18-24)25(11-14-31-28)27(30)8-5-22-12-16-32(19-23(22)6-10-29(33)34)15-3-2-4-21-13-17-36-20-21/h7,9,11,13-14,17-18,20,22-23,27H,2-6,8,10,12,15-16,19H2,1H3,(H,33,34)/t22-,23-,27-/m1/s1. The van der Waals surface area contributed by atoms with Crippen LogP contribution < -0.4 is 4.74 Å². The van der Waals surface area contributed by atoms with Crippen molar-refractivity contribution in [1.29, 1.82) is 0 Å². The second-order valence-corrected chi connectivity index (χ2v) is 9.96. The molecule has 1 aliphatic heterocycles. The third-order valence-electron chi connectivity index (χ3n) is 7.59. The average Bonchev–Trinajstić information content (AvgIpc) is 3.42. The molecule has 194 valence electrons. The first-order chi connectivity index (χ1) is 17.5. The number of halogens is 1. The Morgan fingerprint density at radius 2 is 2.14 bits per heavy atom. The van der Waals surface area contributed by atoms with Gasteiger partial charge in [-0.25, -0.2) is 4.39 Å². The topological polar surface area (TPSA) is 75.8 Å². The number of hydrogen-bond donors (Lipinski definition) is 1. The molecule has 2 aromatic heterocycles. The molecule has 0 saturated carbocycles. The van der Waals surface area contributed by atoms with Gasteiger partial charge in [-0.15, -0.1) is 0 Å². The number of aromatic nitrogens is 1. The van der Waals surface area contributed by atoms with Gasteiger partial charge in [-0.2, -0.15) is 0 Å². The Bertz CT molecular complexity index is 1100. The minimum Gasteiger partial charge on any atom is -0.497 e. The summed E-state index contributed by atoms with van der Waals surface area (Å²) in [5.74, 6) is 0.555. The summed E-state index contributed by atoms with van der Waals surface area (Å²) in [6, 6.07) is 9.32. The lowest BCUT2D eigenvalue weighted by Gasteiger charge is -2.39. The summed E-state index contributed by atoms with van der Waals surface area (Å²) in [5.41, 5.74) is 2.64. The molecule has 0 amide bonds. The zero-order valence-electron chi connectivity index (χ0n) is 21.1. The summed E-state index contributed by atoms with van der Waals surface area (Å²) in [7, 11) is 1.60. The Morgan fingerprint density at radius 3 is 2.92 bits per heavy atom. The number of alkyl halides is 1. The molecule has 0 bridgehead atoms. The van der Waals surface area contributed by atoms with Crippen molar-refractivity contribution in [3.63, 3.8) is 0 Å². The van der Waals surface area contributed by atoms with Gasteiger partial charge in [-0.1, -0.05) is 0 Å². The maximum Gasteiger partial charge on any atom is 0.303 e. The summed E-state index contributed by atoms with van der Waals surface area (Å²) in [6.45, 7) is 2.91. The van der Waals surface area contributed by atoms with Gasteiger partial charge in [0, 0.05) is 24.5 Å². The molecular weight excluding hydrogens is 459 g/mol. The number of rotatable bonds is 13. The van der Waals surface area contributed by atoms with Gasteiger partial charge in [0.2, 0.25) is 0 Å². The first-order valence-corrected chi connectivity index (χ1v) is 13.1. The number of carboxylic acids is 1. The number of hydrogen-bond acceptors (Lipinski definition) is 5. The fourth-order valence-corrected chi connectivity index (χ4v) is 5.54. The molecule has 0 unspecified atom stereocenters. The second kappa shape index (κ2) is 12.9. The maximum atomic E-state index is 15.5. The summed E-state index contributed by atoms with van der Waals surface area (Å²) in [6.07, 6.45) is 10.3. The maximum absolute atomic E-state index is 15.5. The Morgan fingerprint density at radius 1 is 1.25 bits per heavy atom. The van der Waals surface area contributed by atoms with Gasteiger partial charge in [-0.05, 0) is 111 Å². The minimum absolute atomic E-state index is 0.170. The molecular formula is C29H37FN2O4. The van der Waals surface area contributed by atoms with E-state index < -0.39 is 12.1 Å². The molecule has 3 heterocycles. The van der Waals surface area contributed by atoms with Crippen LogP contribution in [0.1, 0.15) is 62.2 Å². The van der Waals surface area contributed by atoms with E-state index in [2.05, 4.69) is 9.88 Å². The highest BCUT2D eigenvalue weighted by Crippen LogP contribution is 2.36. The molecule has 0 spiro atoms. The van der Waals surface area contributed by atoms with E-state index in [0.29, 0.717) is 30.1 Å². The van der Waals surface area contributed by atoms with Crippen molar-refractivity contribution in [3.05, 3.63) is 60.2 Å². The number of aryl methyl sites for hydroxylation is 1. The van der Waals surface area contributed by atoms with Crippen LogP contribution in [-0.2, 0) is 11.2 Å². The zero-order chi connectivity index (χ0) is 25.3. The minimum atomic E-state index is -1.09. The van der Waals surface area contributed by atoms with Crippen LogP contribution in [0, 0.1) is 11.8 Å². The summed E-state index contributed by atoms with van der Waals surface area (Å²) >= 11 is 0. The lowest BCUT2D eigenvalue weighted by molar-refractivity contribution is -0.137. The number of methoxy groups -OCH3 is 1. The van der Waals surface area contributed by atoms with Gasteiger partial charge in [0.15, 0.2) is 0 Å². The van der Waals surface area contributed by atoms with Crippen LogP contribution in [0.3, 0.4) is 0 Å². The number of unbranched alkanes of at least 4 members (excludes halogenated alkanes) is 1. The van der Waals surface area contributed by atoms with Gasteiger partial charge in [0.05, 0.1) is 25.2 Å². The van der Waals surface area contributed by atoms with Crippen LogP contribution >= 0.6 is 0 Å². The second-order valence-electron chi connectivity index (χ2n) is 9.96. The summed E-state index contributed by atoms with van der Waals surface area (Å²) in [5, 5.41) is 10.1. The monoisotopic (exact) mass is 496 g/mol. The molecule has 1 saturated heterocycles. The number of carboxylic acid groups (broad SMARTS) is 1. The number of furan rings is 1. The Balaban J connectivity index is 1.33. The molecule has 3 aromatic rings. The number of aliphatic carboxylic acids is 1. The van der Waals surface area contributed by atoms with Crippen LogP contribution in [0.15, 0.2) is 53.5 Å². The molecule has 6 nitrogen and oxygen atoms in total. The van der Waals surface area contributed by atoms with E-state index >= 15 is 4.39 Å². The van der Waals surface area contributed by atoms with Gasteiger partial charge in [0.1, 0.15) is 11.9 Å². The Labute approximate surface area is 212 Å². The summed E-state index contributed by atoms with van der Waals surface area (Å²) < 4.78 is 26.0. The van der Waals surface area contributed by atoms with Gasteiger partial charge in [-0.3, -0.25) is 9.78 Å². The average molecular weight is 497 g/mol. The van der Waals surface area contributed by atoms with Crippen LogP contribution in [0.4, 0.5) is 4.39 Å². The molecule has 3 atom stereocenters. The number of pyridine rings is 1. The predicted molar refractivity (Wildman–Crippen MR) is 138 cm³/mol. The quantitative estimate of drug-likeness (QED) is 0.274. The molecule has 7 heteroatoms. The smallest absolute Gasteiger partial charge is 0.303 e. The Hall–Kier alpha value is -2.93. The normalized spacial score (nSPS) is 19.4. The third-order valence-corrected chi connectivity index (χ3v) is 7.59. The van der Waals surface area contributed by atoms with E-state index in [9.17, 15) is 9.90 Å². The van der Waals surface area contributed by atoms with Crippen molar-refractivity contribution in [1.82, 2.24) is 9.88 Å². The van der Waals surface area contributed by atoms with Gasteiger partial charge < -0.3 is 19.2 Å². The van der Waals surface area contributed by atoms with E-state index in [4.69, 9.17) is 9.15 Å². The molecule has 1 N–H and O–H groups in total. The summed E-state index contributed by atoms with van der Waals surface area (Å²) in [4.78, 5) is 18.1.